The van der Waals surface area contributed by atoms with Crippen molar-refractivity contribution >= 4 is 11.8 Å². The minimum absolute atomic E-state index is 0.0975. The molecule has 6 heteroatoms. The summed E-state index contributed by atoms with van der Waals surface area (Å²) in [4.78, 5) is 27.0. The van der Waals surface area contributed by atoms with Crippen molar-refractivity contribution in [2.24, 2.45) is 11.8 Å². The van der Waals surface area contributed by atoms with Crippen molar-refractivity contribution in [1.82, 2.24) is 10.2 Å². The topological polar surface area (TPSA) is 62.6 Å². The summed E-state index contributed by atoms with van der Waals surface area (Å²) >= 11 is 0. The van der Waals surface area contributed by atoms with Crippen molar-refractivity contribution in [2.45, 2.75) is 26.2 Å². The van der Waals surface area contributed by atoms with Gasteiger partial charge in [-0.15, -0.1) is 0 Å². The Morgan fingerprint density at radius 2 is 2.07 bits per heavy atom. The first-order valence-electron chi connectivity index (χ1n) is 9.31. The van der Waals surface area contributed by atoms with Crippen LogP contribution in [0.2, 0.25) is 0 Å². The number of likely N-dealkylation sites (tertiary alicyclic amines) is 1. The van der Waals surface area contributed by atoms with Gasteiger partial charge in [-0.2, -0.15) is 0 Å². The number of halogens is 1. The molecule has 0 bridgehead atoms. The second-order valence-electron chi connectivity index (χ2n) is 7.43. The number of amides is 2. The number of benzene rings is 1. The minimum atomic E-state index is -0.419. The van der Waals surface area contributed by atoms with Crippen LogP contribution >= 0.6 is 0 Å². The molecule has 2 aromatic rings. The molecule has 0 spiro atoms. The maximum Gasteiger partial charge on any atom is 0.289 e. The van der Waals surface area contributed by atoms with E-state index in [1.165, 1.54) is 18.4 Å². The lowest BCUT2D eigenvalue weighted by Crippen LogP contribution is -2.36. The second-order valence-corrected chi connectivity index (χ2v) is 7.43. The highest BCUT2D eigenvalue weighted by Crippen LogP contribution is 2.34. The number of nitrogens with zero attached hydrogens (tertiary/aromatic N) is 1. The van der Waals surface area contributed by atoms with Gasteiger partial charge in [0.05, 0.1) is 12.2 Å². The predicted octanol–water partition coefficient (Wildman–Crippen LogP) is 3.44. The van der Waals surface area contributed by atoms with Gasteiger partial charge in [0.15, 0.2) is 5.76 Å². The first-order chi connectivity index (χ1) is 13.0. The van der Waals surface area contributed by atoms with Crippen molar-refractivity contribution < 1.29 is 18.4 Å². The molecule has 1 aromatic heterocycles. The molecule has 27 heavy (non-hydrogen) atoms. The van der Waals surface area contributed by atoms with Gasteiger partial charge in [-0.3, -0.25) is 9.59 Å². The molecular weight excluding hydrogens is 347 g/mol. The van der Waals surface area contributed by atoms with Crippen LogP contribution in [-0.2, 0) is 4.79 Å². The third-order valence-corrected chi connectivity index (χ3v) is 4.97. The summed E-state index contributed by atoms with van der Waals surface area (Å²) in [5.74, 6) is -0.629. The monoisotopic (exact) mass is 372 g/mol. The fourth-order valence-electron chi connectivity index (χ4n) is 3.48. The van der Waals surface area contributed by atoms with Gasteiger partial charge in [0.1, 0.15) is 5.82 Å². The van der Waals surface area contributed by atoms with Crippen LogP contribution in [0, 0.1) is 17.7 Å². The maximum absolute atomic E-state index is 13.7. The van der Waals surface area contributed by atoms with Gasteiger partial charge in [-0.05, 0) is 42.2 Å². The summed E-state index contributed by atoms with van der Waals surface area (Å²) in [5, 5.41) is 2.97. The molecule has 1 aliphatic rings. The highest BCUT2D eigenvalue weighted by molar-refractivity contribution is 5.92. The molecule has 1 aliphatic heterocycles. The molecule has 144 valence electrons. The Morgan fingerprint density at radius 3 is 2.74 bits per heavy atom. The van der Waals surface area contributed by atoms with Gasteiger partial charge < -0.3 is 14.6 Å². The minimum Gasteiger partial charge on any atom is -0.459 e. The summed E-state index contributed by atoms with van der Waals surface area (Å²) in [6, 6.07) is 9.53. The molecule has 0 aliphatic carbocycles. The van der Waals surface area contributed by atoms with E-state index in [0.717, 1.165) is 12.0 Å². The van der Waals surface area contributed by atoms with E-state index in [-0.39, 0.29) is 35.9 Å². The lowest BCUT2D eigenvalue weighted by Gasteiger charge is -2.18. The Kier molecular flexibility index (Phi) is 5.94. The van der Waals surface area contributed by atoms with Crippen LogP contribution in [0.5, 0.6) is 0 Å². The van der Waals surface area contributed by atoms with Crippen molar-refractivity contribution in [3.8, 4) is 0 Å². The molecule has 0 radical (unpaired) electrons. The van der Waals surface area contributed by atoms with Gasteiger partial charge in [-0.1, -0.05) is 26.0 Å². The van der Waals surface area contributed by atoms with Crippen LogP contribution in [0.15, 0.2) is 47.1 Å². The molecule has 1 aromatic carbocycles. The van der Waals surface area contributed by atoms with Crippen molar-refractivity contribution in [3.05, 3.63) is 59.8 Å². The molecule has 2 amide bonds. The Bertz CT molecular complexity index is 788. The number of carbonyl (C=O) groups excluding carboxylic acids is 2. The van der Waals surface area contributed by atoms with Crippen LogP contribution in [0.3, 0.4) is 0 Å². The summed E-state index contributed by atoms with van der Waals surface area (Å²) in [6.45, 7) is 5.43. The smallest absolute Gasteiger partial charge is 0.289 e. The van der Waals surface area contributed by atoms with E-state index in [9.17, 15) is 14.0 Å². The highest BCUT2D eigenvalue weighted by Gasteiger charge is 2.41. The first-order valence-corrected chi connectivity index (χ1v) is 9.31. The average Bonchev–Trinajstić information content (AvgIpc) is 3.31. The van der Waals surface area contributed by atoms with Crippen molar-refractivity contribution in [2.75, 3.05) is 19.6 Å². The Balaban J connectivity index is 1.78. The quantitative estimate of drug-likeness (QED) is 0.845. The molecule has 0 saturated carbocycles. The normalized spacial score (nSPS) is 19.5. The van der Waals surface area contributed by atoms with Crippen molar-refractivity contribution in [1.29, 1.82) is 0 Å². The number of rotatable bonds is 6. The number of carbonyl (C=O) groups is 2. The fraction of sp³-hybridized carbons (Fsp3) is 0.429. The van der Waals surface area contributed by atoms with Crippen LogP contribution in [0.1, 0.15) is 42.3 Å². The summed E-state index contributed by atoms with van der Waals surface area (Å²) < 4.78 is 18.9. The van der Waals surface area contributed by atoms with Gasteiger partial charge >= 0.3 is 0 Å². The van der Waals surface area contributed by atoms with Crippen LogP contribution < -0.4 is 5.32 Å². The van der Waals surface area contributed by atoms with Gasteiger partial charge in [-0.25, -0.2) is 4.39 Å². The number of hydrogen-bond donors (Lipinski definition) is 1. The van der Waals surface area contributed by atoms with E-state index < -0.39 is 5.92 Å². The van der Waals surface area contributed by atoms with E-state index in [2.05, 4.69) is 19.2 Å². The third kappa shape index (κ3) is 4.56. The van der Waals surface area contributed by atoms with E-state index in [0.29, 0.717) is 19.0 Å². The SMILES string of the molecule is CC(C)CCNC(=O)[C@@H]1CN(C(=O)c2ccco2)C[C@@H]1c1cccc(F)c1. The molecule has 1 saturated heterocycles. The van der Waals surface area contributed by atoms with Gasteiger partial charge in [0, 0.05) is 25.6 Å². The van der Waals surface area contributed by atoms with Crippen molar-refractivity contribution in [3.63, 3.8) is 0 Å². The second kappa shape index (κ2) is 8.37. The molecule has 1 N–H and O–H groups in total. The molecule has 2 atom stereocenters. The Labute approximate surface area is 158 Å². The number of hydrogen-bond acceptors (Lipinski definition) is 3. The van der Waals surface area contributed by atoms with E-state index in [1.54, 1.807) is 23.1 Å². The Hall–Kier alpha value is -2.63. The zero-order valence-electron chi connectivity index (χ0n) is 15.7. The van der Waals surface area contributed by atoms with Crippen LogP contribution in [-0.4, -0.2) is 36.3 Å². The zero-order chi connectivity index (χ0) is 19.4. The lowest BCUT2D eigenvalue weighted by molar-refractivity contribution is -0.124. The van der Waals surface area contributed by atoms with E-state index >= 15 is 0 Å². The molecule has 5 nitrogen and oxygen atoms in total. The lowest BCUT2D eigenvalue weighted by atomic mass is 9.88. The molecular formula is C21H25FN2O3. The molecule has 2 heterocycles. The number of furan rings is 1. The number of nitrogens with one attached hydrogen (secondary N) is 1. The van der Waals surface area contributed by atoms with E-state index in [4.69, 9.17) is 4.42 Å². The summed E-state index contributed by atoms with van der Waals surface area (Å²) in [5.41, 5.74) is 0.730. The van der Waals surface area contributed by atoms with Crippen LogP contribution in [0.4, 0.5) is 4.39 Å². The van der Waals surface area contributed by atoms with Gasteiger partial charge in [0.25, 0.3) is 5.91 Å². The Morgan fingerprint density at radius 1 is 1.26 bits per heavy atom. The standard InChI is InChI=1S/C21H25FN2O3/c1-14(2)8-9-23-20(25)18-13-24(21(26)19-7-4-10-27-19)12-17(18)15-5-3-6-16(22)11-15/h3-7,10-11,14,17-18H,8-9,12-13H2,1-2H3,(H,23,25)/t17-,18-/m1/s1. The molecule has 1 fully saturated rings. The third-order valence-electron chi connectivity index (χ3n) is 4.97. The van der Waals surface area contributed by atoms with Crippen LogP contribution in [0.25, 0.3) is 0 Å². The zero-order valence-corrected chi connectivity index (χ0v) is 15.7. The predicted molar refractivity (Wildman–Crippen MR) is 99.7 cm³/mol. The average molecular weight is 372 g/mol. The largest absolute Gasteiger partial charge is 0.459 e. The van der Waals surface area contributed by atoms with E-state index in [1.807, 2.05) is 6.07 Å². The first kappa shape index (κ1) is 19.1. The highest BCUT2D eigenvalue weighted by atomic mass is 19.1. The maximum atomic E-state index is 13.7. The fourth-order valence-corrected chi connectivity index (χ4v) is 3.48. The summed E-state index contributed by atoms with van der Waals surface area (Å²) in [7, 11) is 0. The molecule has 0 unspecified atom stereocenters. The molecule has 3 rings (SSSR count). The summed E-state index contributed by atoms with van der Waals surface area (Å²) in [6.07, 6.45) is 2.33. The van der Waals surface area contributed by atoms with Gasteiger partial charge in [0.2, 0.25) is 5.91 Å².